The fraction of sp³-hybridized carbons (Fsp3) is 0.200. The van der Waals surface area contributed by atoms with Gasteiger partial charge in [-0.25, -0.2) is 9.59 Å². The second-order valence-electron chi connectivity index (χ2n) is 4.47. The first-order valence-electron chi connectivity index (χ1n) is 6.78. The molecule has 0 fully saturated rings. The monoisotopic (exact) mass is 353 g/mol. The van der Waals surface area contributed by atoms with E-state index in [0.717, 1.165) is 12.1 Å². The van der Waals surface area contributed by atoms with E-state index in [1.54, 1.807) is 6.92 Å². The molecule has 9 heteroatoms. The van der Waals surface area contributed by atoms with E-state index in [1.807, 2.05) is 0 Å². The Morgan fingerprint density at radius 3 is 2.58 bits per heavy atom. The number of furan rings is 1. The molecule has 0 spiro atoms. The molecule has 1 aromatic carbocycles. The summed E-state index contributed by atoms with van der Waals surface area (Å²) < 4.78 is 14.9. The minimum absolute atomic E-state index is 0.0754. The van der Waals surface area contributed by atoms with Crippen molar-refractivity contribution in [3.63, 3.8) is 0 Å². The van der Waals surface area contributed by atoms with Crippen LogP contribution in [0.2, 0.25) is 5.02 Å². The van der Waals surface area contributed by atoms with E-state index in [1.165, 1.54) is 18.4 Å². The predicted octanol–water partition coefficient (Wildman–Crippen LogP) is 3.37. The predicted molar refractivity (Wildman–Crippen MR) is 81.9 cm³/mol. The van der Waals surface area contributed by atoms with Crippen LogP contribution in [0, 0.1) is 10.1 Å². The Morgan fingerprint density at radius 2 is 1.92 bits per heavy atom. The molecule has 2 aromatic rings. The Morgan fingerprint density at radius 1 is 1.21 bits per heavy atom. The molecule has 1 aromatic heterocycles. The fourth-order valence-electron chi connectivity index (χ4n) is 1.88. The molecule has 8 nitrogen and oxygen atoms in total. The molecule has 0 N–H and O–H groups in total. The summed E-state index contributed by atoms with van der Waals surface area (Å²) in [6.45, 7) is 1.44. The largest absolute Gasteiger partial charge is 0.465 e. The van der Waals surface area contributed by atoms with Crippen LogP contribution in [-0.4, -0.2) is 23.5 Å². The summed E-state index contributed by atoms with van der Waals surface area (Å²) in [4.78, 5) is 34.0. The van der Waals surface area contributed by atoms with Crippen LogP contribution < -0.4 is 0 Å². The van der Waals surface area contributed by atoms with Crippen LogP contribution in [0.3, 0.4) is 0 Å². The second-order valence-corrected chi connectivity index (χ2v) is 4.91. The van der Waals surface area contributed by atoms with Crippen LogP contribution in [0.1, 0.15) is 33.4 Å². The van der Waals surface area contributed by atoms with Gasteiger partial charge in [0.25, 0.3) is 5.69 Å². The summed E-state index contributed by atoms with van der Waals surface area (Å²) in [5, 5.41) is 11.1. The van der Waals surface area contributed by atoms with Crippen LogP contribution in [0.25, 0.3) is 0 Å². The normalized spacial score (nSPS) is 10.2. The molecule has 0 atom stereocenters. The van der Waals surface area contributed by atoms with E-state index in [0.29, 0.717) is 0 Å². The lowest BCUT2D eigenvalue weighted by Gasteiger charge is -2.06. The van der Waals surface area contributed by atoms with Crippen LogP contribution in [0.5, 0.6) is 0 Å². The van der Waals surface area contributed by atoms with Crippen molar-refractivity contribution in [2.45, 2.75) is 13.5 Å². The Labute approximate surface area is 141 Å². The standard InChI is InChI=1S/C15H12ClNO7/c1-2-22-14(18)10-5-6-23-13(10)8-24-15(19)11-7-9(16)3-4-12(11)17(20)21/h3-7H,2,8H2,1H3. The lowest BCUT2D eigenvalue weighted by molar-refractivity contribution is -0.385. The first-order chi connectivity index (χ1) is 11.4. The second kappa shape index (κ2) is 7.60. The van der Waals surface area contributed by atoms with Gasteiger partial charge in [-0.3, -0.25) is 10.1 Å². The summed E-state index contributed by atoms with van der Waals surface area (Å²) in [5.41, 5.74) is -0.614. The van der Waals surface area contributed by atoms with Crippen molar-refractivity contribution < 1.29 is 28.4 Å². The third-order valence-corrected chi connectivity index (χ3v) is 3.19. The van der Waals surface area contributed by atoms with Crippen LogP contribution in [-0.2, 0) is 16.1 Å². The third-order valence-electron chi connectivity index (χ3n) is 2.95. The van der Waals surface area contributed by atoms with Gasteiger partial charge in [0.05, 0.1) is 17.8 Å². The van der Waals surface area contributed by atoms with Gasteiger partial charge in [-0.15, -0.1) is 0 Å². The van der Waals surface area contributed by atoms with Crippen LogP contribution in [0.15, 0.2) is 34.9 Å². The Hall–Kier alpha value is -2.87. The molecule has 0 aliphatic rings. The number of hydrogen-bond donors (Lipinski definition) is 0. The number of carbonyl (C=O) groups is 2. The number of nitro benzene ring substituents is 1. The zero-order valence-electron chi connectivity index (χ0n) is 12.5. The first-order valence-corrected chi connectivity index (χ1v) is 7.16. The zero-order chi connectivity index (χ0) is 17.7. The van der Waals surface area contributed by atoms with Gasteiger partial charge in [-0.1, -0.05) is 11.6 Å². The molecule has 126 valence electrons. The van der Waals surface area contributed by atoms with Gasteiger partial charge in [0.15, 0.2) is 12.4 Å². The number of ether oxygens (including phenoxy) is 2. The number of nitro groups is 1. The quantitative estimate of drug-likeness (QED) is 0.445. The van der Waals surface area contributed by atoms with Gasteiger partial charge in [0, 0.05) is 11.1 Å². The van der Waals surface area contributed by atoms with Crippen LogP contribution >= 0.6 is 11.6 Å². The lowest BCUT2D eigenvalue weighted by Crippen LogP contribution is -2.11. The van der Waals surface area contributed by atoms with E-state index in [4.69, 9.17) is 25.5 Å². The summed E-state index contributed by atoms with van der Waals surface area (Å²) in [5.74, 6) is -1.51. The van der Waals surface area contributed by atoms with Crippen molar-refractivity contribution in [3.8, 4) is 0 Å². The highest BCUT2D eigenvalue weighted by Gasteiger charge is 2.23. The van der Waals surface area contributed by atoms with E-state index < -0.39 is 22.5 Å². The SMILES string of the molecule is CCOC(=O)c1ccoc1COC(=O)c1cc(Cl)ccc1[N+](=O)[O-]. The van der Waals surface area contributed by atoms with Crippen molar-refractivity contribution in [1.29, 1.82) is 0 Å². The fourth-order valence-corrected chi connectivity index (χ4v) is 2.06. The summed E-state index contributed by atoms with van der Waals surface area (Å²) in [6.07, 6.45) is 1.25. The molecule has 0 saturated carbocycles. The highest BCUT2D eigenvalue weighted by Crippen LogP contribution is 2.24. The molecule has 24 heavy (non-hydrogen) atoms. The maximum atomic E-state index is 12.1. The van der Waals surface area contributed by atoms with Crippen molar-refractivity contribution in [2.24, 2.45) is 0 Å². The van der Waals surface area contributed by atoms with Gasteiger partial charge < -0.3 is 13.9 Å². The van der Waals surface area contributed by atoms with Gasteiger partial charge in [-0.05, 0) is 25.1 Å². The van der Waals surface area contributed by atoms with Crippen LogP contribution in [0.4, 0.5) is 5.69 Å². The molecular weight excluding hydrogens is 342 g/mol. The maximum Gasteiger partial charge on any atom is 0.345 e. The van der Waals surface area contributed by atoms with Crippen molar-refractivity contribution in [1.82, 2.24) is 0 Å². The van der Waals surface area contributed by atoms with Gasteiger partial charge in [0.2, 0.25) is 0 Å². The maximum absolute atomic E-state index is 12.1. The van der Waals surface area contributed by atoms with Gasteiger partial charge in [-0.2, -0.15) is 0 Å². The topological polar surface area (TPSA) is 109 Å². The molecule has 2 rings (SSSR count). The Kier molecular flexibility index (Phi) is 5.54. The average Bonchev–Trinajstić information content (AvgIpc) is 3.01. The minimum Gasteiger partial charge on any atom is -0.465 e. The minimum atomic E-state index is -0.963. The van der Waals surface area contributed by atoms with Crippen molar-refractivity contribution >= 4 is 29.2 Å². The van der Waals surface area contributed by atoms with Crippen molar-refractivity contribution in [2.75, 3.05) is 6.61 Å². The zero-order valence-corrected chi connectivity index (χ0v) is 13.2. The van der Waals surface area contributed by atoms with Gasteiger partial charge >= 0.3 is 11.9 Å². The number of nitrogens with zero attached hydrogens (tertiary/aromatic N) is 1. The van der Waals surface area contributed by atoms with E-state index in [9.17, 15) is 19.7 Å². The lowest BCUT2D eigenvalue weighted by atomic mass is 10.2. The molecule has 0 saturated heterocycles. The molecule has 0 bridgehead atoms. The molecule has 0 aliphatic carbocycles. The molecular formula is C15H12ClNO7. The summed E-state index contributed by atoms with van der Waals surface area (Å²) in [6, 6.07) is 4.91. The number of hydrogen-bond acceptors (Lipinski definition) is 7. The number of esters is 2. The summed E-state index contributed by atoms with van der Waals surface area (Å²) in [7, 11) is 0. The molecule has 0 unspecified atom stereocenters. The number of carbonyl (C=O) groups excluding carboxylic acids is 2. The smallest absolute Gasteiger partial charge is 0.345 e. The highest BCUT2D eigenvalue weighted by atomic mass is 35.5. The number of benzene rings is 1. The van der Waals surface area contributed by atoms with Crippen molar-refractivity contribution in [3.05, 3.63) is 62.6 Å². The average molecular weight is 354 g/mol. The number of rotatable bonds is 6. The van der Waals surface area contributed by atoms with E-state index >= 15 is 0 Å². The highest BCUT2D eigenvalue weighted by molar-refractivity contribution is 6.31. The Balaban J connectivity index is 2.15. The Bertz CT molecular complexity index is 784. The third kappa shape index (κ3) is 3.90. The molecule has 0 aliphatic heterocycles. The molecule has 0 amide bonds. The number of halogens is 1. The molecule has 1 heterocycles. The summed E-state index contributed by atoms with van der Waals surface area (Å²) >= 11 is 5.76. The first kappa shape index (κ1) is 17.5. The van der Waals surface area contributed by atoms with Gasteiger partial charge in [0.1, 0.15) is 11.1 Å². The van der Waals surface area contributed by atoms with E-state index in [2.05, 4.69) is 0 Å². The molecule has 0 radical (unpaired) electrons. The van der Waals surface area contributed by atoms with E-state index in [-0.39, 0.29) is 35.1 Å².